The van der Waals surface area contributed by atoms with Crippen LogP contribution in [0.25, 0.3) is 0 Å². The van der Waals surface area contributed by atoms with Crippen LogP contribution in [0.3, 0.4) is 0 Å². The maximum atomic E-state index is 9.70. The number of likely N-dealkylation sites (tertiary alicyclic amines) is 1. The third kappa shape index (κ3) is 3.33. The summed E-state index contributed by atoms with van der Waals surface area (Å²) >= 11 is 0. The lowest BCUT2D eigenvalue weighted by Crippen LogP contribution is -2.46. The van der Waals surface area contributed by atoms with Gasteiger partial charge in [0.05, 0.1) is 6.33 Å². The third-order valence-corrected chi connectivity index (χ3v) is 4.09. The first kappa shape index (κ1) is 13.6. The Hall–Kier alpha value is -0.870. The predicted octanol–water partition coefficient (Wildman–Crippen LogP) is 1.76. The maximum Gasteiger partial charge on any atom is 0.0946 e. The molecule has 1 aromatic heterocycles. The van der Waals surface area contributed by atoms with Gasteiger partial charge in [-0.15, -0.1) is 0 Å². The van der Waals surface area contributed by atoms with Gasteiger partial charge >= 0.3 is 0 Å². The quantitative estimate of drug-likeness (QED) is 0.837. The highest BCUT2D eigenvalue weighted by Gasteiger charge is 2.33. The van der Waals surface area contributed by atoms with E-state index in [0.29, 0.717) is 6.61 Å². The first-order valence-electron chi connectivity index (χ1n) is 7.07. The zero-order valence-electron chi connectivity index (χ0n) is 11.4. The Morgan fingerprint density at radius 1 is 1.39 bits per heavy atom. The Morgan fingerprint density at radius 3 is 2.94 bits per heavy atom. The number of nitrogens with zero attached hydrogens (tertiary/aromatic N) is 3. The average Bonchev–Trinajstić information content (AvgIpc) is 2.90. The minimum absolute atomic E-state index is 0.155. The van der Waals surface area contributed by atoms with E-state index in [2.05, 4.69) is 21.4 Å². The molecule has 0 aliphatic carbocycles. The van der Waals surface area contributed by atoms with Crippen LogP contribution in [0.1, 0.15) is 32.6 Å². The van der Waals surface area contributed by atoms with E-state index in [4.69, 9.17) is 0 Å². The number of imidazole rings is 1. The molecule has 4 heteroatoms. The van der Waals surface area contributed by atoms with Crippen molar-refractivity contribution in [1.29, 1.82) is 0 Å². The van der Waals surface area contributed by atoms with E-state index in [1.165, 1.54) is 19.4 Å². The molecule has 1 N–H and O–H groups in total. The van der Waals surface area contributed by atoms with Crippen molar-refractivity contribution in [1.82, 2.24) is 14.5 Å². The fraction of sp³-hybridized carbons (Fsp3) is 0.786. The number of aliphatic hydroxyl groups excluding tert-OH is 1. The van der Waals surface area contributed by atoms with Crippen LogP contribution >= 0.6 is 0 Å². The molecule has 2 heterocycles. The molecule has 1 unspecified atom stereocenters. The van der Waals surface area contributed by atoms with Gasteiger partial charge in [-0.1, -0.05) is 13.3 Å². The molecular weight excluding hydrogens is 226 g/mol. The van der Waals surface area contributed by atoms with E-state index in [-0.39, 0.29) is 5.41 Å². The Bertz CT molecular complexity index is 335. The van der Waals surface area contributed by atoms with Crippen LogP contribution in [0.5, 0.6) is 0 Å². The molecule has 1 aliphatic heterocycles. The van der Waals surface area contributed by atoms with Crippen LogP contribution in [-0.2, 0) is 6.54 Å². The summed E-state index contributed by atoms with van der Waals surface area (Å²) in [7, 11) is 0. The first-order valence-corrected chi connectivity index (χ1v) is 7.07. The number of rotatable bonds is 6. The Kier molecular flexibility index (Phi) is 4.78. The summed E-state index contributed by atoms with van der Waals surface area (Å²) in [6.07, 6.45) is 10.4. The average molecular weight is 251 g/mol. The number of aromatic nitrogens is 2. The molecule has 1 fully saturated rings. The van der Waals surface area contributed by atoms with E-state index in [0.717, 1.165) is 32.5 Å². The lowest BCUT2D eigenvalue weighted by molar-refractivity contribution is 0.0237. The van der Waals surface area contributed by atoms with Crippen LogP contribution < -0.4 is 0 Å². The standard InChI is InChI=1S/C14H25N3O/c1-2-4-14(12-18)5-3-7-16(11-14)9-10-17-8-6-15-13-17/h6,8,13,18H,2-5,7,9-12H2,1H3. The SMILES string of the molecule is CCCC1(CO)CCCN(CCn2ccnc2)C1. The summed E-state index contributed by atoms with van der Waals surface area (Å²) < 4.78 is 2.12. The summed E-state index contributed by atoms with van der Waals surface area (Å²) in [5, 5.41) is 9.70. The second kappa shape index (κ2) is 6.34. The molecule has 0 bridgehead atoms. The maximum absolute atomic E-state index is 9.70. The van der Waals surface area contributed by atoms with Crippen molar-refractivity contribution in [2.24, 2.45) is 5.41 Å². The Balaban J connectivity index is 1.85. The van der Waals surface area contributed by atoms with Crippen molar-refractivity contribution in [3.8, 4) is 0 Å². The second-order valence-electron chi connectivity index (χ2n) is 5.59. The van der Waals surface area contributed by atoms with Gasteiger partial charge in [-0.2, -0.15) is 0 Å². The van der Waals surface area contributed by atoms with Crippen molar-refractivity contribution in [2.45, 2.75) is 39.2 Å². The molecule has 4 nitrogen and oxygen atoms in total. The van der Waals surface area contributed by atoms with Gasteiger partial charge in [0.25, 0.3) is 0 Å². The van der Waals surface area contributed by atoms with Crippen molar-refractivity contribution in [2.75, 3.05) is 26.2 Å². The second-order valence-corrected chi connectivity index (χ2v) is 5.59. The first-order chi connectivity index (χ1) is 8.78. The minimum atomic E-state index is 0.155. The molecule has 18 heavy (non-hydrogen) atoms. The summed E-state index contributed by atoms with van der Waals surface area (Å²) in [6, 6.07) is 0. The summed E-state index contributed by atoms with van der Waals surface area (Å²) in [4.78, 5) is 6.56. The topological polar surface area (TPSA) is 41.3 Å². The molecule has 1 aliphatic rings. The highest BCUT2D eigenvalue weighted by atomic mass is 16.3. The van der Waals surface area contributed by atoms with E-state index in [1.807, 2.05) is 18.7 Å². The fourth-order valence-corrected chi connectivity index (χ4v) is 3.12. The fourth-order valence-electron chi connectivity index (χ4n) is 3.12. The molecule has 1 atom stereocenters. The van der Waals surface area contributed by atoms with E-state index in [1.54, 1.807) is 0 Å². The van der Waals surface area contributed by atoms with Gasteiger partial charge in [0, 0.05) is 44.0 Å². The van der Waals surface area contributed by atoms with Gasteiger partial charge in [-0.05, 0) is 25.8 Å². The highest BCUT2D eigenvalue weighted by molar-refractivity contribution is 4.86. The minimum Gasteiger partial charge on any atom is -0.396 e. The zero-order chi connectivity index (χ0) is 12.8. The summed E-state index contributed by atoms with van der Waals surface area (Å²) in [5.41, 5.74) is 0.155. The van der Waals surface area contributed by atoms with E-state index in [9.17, 15) is 5.11 Å². The molecule has 102 valence electrons. The smallest absolute Gasteiger partial charge is 0.0946 e. The van der Waals surface area contributed by atoms with Gasteiger partial charge in [-0.25, -0.2) is 4.98 Å². The number of piperidine rings is 1. The molecule has 1 saturated heterocycles. The largest absolute Gasteiger partial charge is 0.396 e. The van der Waals surface area contributed by atoms with Crippen LogP contribution in [0.15, 0.2) is 18.7 Å². The lowest BCUT2D eigenvalue weighted by atomic mass is 9.77. The van der Waals surface area contributed by atoms with Crippen LogP contribution in [-0.4, -0.2) is 45.8 Å². The number of hydrogen-bond acceptors (Lipinski definition) is 3. The van der Waals surface area contributed by atoms with Crippen LogP contribution in [0, 0.1) is 5.41 Å². The van der Waals surface area contributed by atoms with E-state index < -0.39 is 0 Å². The zero-order valence-corrected chi connectivity index (χ0v) is 11.4. The molecule has 0 spiro atoms. The predicted molar refractivity (Wildman–Crippen MR) is 72.3 cm³/mol. The molecule has 1 aromatic rings. The molecule has 0 saturated carbocycles. The van der Waals surface area contributed by atoms with Gasteiger partial charge in [0.15, 0.2) is 0 Å². The molecule has 0 aromatic carbocycles. The summed E-state index contributed by atoms with van der Waals surface area (Å²) in [6.45, 7) is 6.81. The lowest BCUT2D eigenvalue weighted by Gasteiger charge is -2.42. The molecule has 2 rings (SSSR count). The molecular formula is C14H25N3O. The Morgan fingerprint density at radius 2 is 2.28 bits per heavy atom. The summed E-state index contributed by atoms with van der Waals surface area (Å²) in [5.74, 6) is 0. The normalized spacial score (nSPS) is 25.4. The van der Waals surface area contributed by atoms with Crippen molar-refractivity contribution in [3.63, 3.8) is 0 Å². The number of hydrogen-bond donors (Lipinski definition) is 1. The van der Waals surface area contributed by atoms with Gasteiger partial charge < -0.3 is 14.6 Å². The molecule has 0 amide bonds. The van der Waals surface area contributed by atoms with Crippen molar-refractivity contribution < 1.29 is 5.11 Å². The van der Waals surface area contributed by atoms with Crippen molar-refractivity contribution >= 4 is 0 Å². The highest BCUT2D eigenvalue weighted by Crippen LogP contribution is 2.33. The third-order valence-electron chi connectivity index (χ3n) is 4.09. The molecule has 0 radical (unpaired) electrons. The monoisotopic (exact) mass is 251 g/mol. The Labute approximate surface area is 110 Å². The van der Waals surface area contributed by atoms with Crippen LogP contribution in [0.4, 0.5) is 0 Å². The van der Waals surface area contributed by atoms with Gasteiger partial charge in [-0.3, -0.25) is 0 Å². The van der Waals surface area contributed by atoms with Gasteiger partial charge in [0.1, 0.15) is 0 Å². The van der Waals surface area contributed by atoms with E-state index >= 15 is 0 Å². The number of aliphatic hydroxyl groups is 1. The van der Waals surface area contributed by atoms with Crippen molar-refractivity contribution in [3.05, 3.63) is 18.7 Å². The van der Waals surface area contributed by atoms with Crippen LogP contribution in [0.2, 0.25) is 0 Å². The van der Waals surface area contributed by atoms with Gasteiger partial charge in [0.2, 0.25) is 0 Å².